The molecule has 0 spiro atoms. The third-order valence-electron chi connectivity index (χ3n) is 4.47. The smallest absolute Gasteiger partial charge is 0 e. The molecule has 0 N–H and O–H groups in total. The summed E-state index contributed by atoms with van der Waals surface area (Å²) in [5.74, 6) is 1.12. The summed E-state index contributed by atoms with van der Waals surface area (Å²) in [5.41, 5.74) is 8.49. The Labute approximate surface area is 162 Å². The van der Waals surface area contributed by atoms with Crippen molar-refractivity contribution in [1.82, 2.24) is 0 Å². The second-order valence-electron chi connectivity index (χ2n) is 5.60. The summed E-state index contributed by atoms with van der Waals surface area (Å²) >= 11 is 0. The fourth-order valence-corrected chi connectivity index (χ4v) is 2.32. The maximum Gasteiger partial charge on any atom is 0 e. The first-order valence-electron chi connectivity index (χ1n) is 6.81. The van der Waals surface area contributed by atoms with Crippen LogP contribution in [0.1, 0.15) is 55.4 Å². The number of hydrogen-bond acceptors (Lipinski definition) is 0. The molecule has 0 amide bonds. The van der Waals surface area contributed by atoms with Gasteiger partial charge in [-0.25, -0.2) is 11.1 Å². The fourth-order valence-electron chi connectivity index (χ4n) is 2.32. The van der Waals surface area contributed by atoms with E-state index in [9.17, 15) is 0 Å². The third-order valence-corrected chi connectivity index (χ3v) is 4.47. The van der Waals surface area contributed by atoms with Crippen molar-refractivity contribution in [3.05, 3.63) is 45.6 Å². The Balaban J connectivity index is -0.000000270. The molecule has 0 bridgehead atoms. The van der Waals surface area contributed by atoms with Crippen LogP contribution < -0.4 is 24.8 Å². The van der Waals surface area contributed by atoms with Crippen LogP contribution in [-0.2, 0) is 25.8 Å². The van der Waals surface area contributed by atoms with Gasteiger partial charge >= 0.3 is 0 Å². The maximum absolute atomic E-state index is 3.36. The monoisotopic (exact) mass is 492 g/mol. The molecule has 2 aliphatic rings. The zero-order valence-corrected chi connectivity index (χ0v) is 19.5. The van der Waals surface area contributed by atoms with Gasteiger partial charge in [-0.15, -0.1) is 13.8 Å². The molecule has 0 aromatic carbocycles. The Hall–Kier alpha value is 0.410. The van der Waals surface area contributed by atoms with E-state index in [0.717, 1.165) is 0 Å². The van der Waals surface area contributed by atoms with Gasteiger partial charge in [0.05, 0.1) is 0 Å². The SMILES string of the molecule is CC1=[C-]C(C)C(C)=C1C.CC1=[C-]C(C)C(C)=C1C.[Cl-].[Cl-].[Hf]. The summed E-state index contributed by atoms with van der Waals surface area (Å²) in [6, 6.07) is 0. The van der Waals surface area contributed by atoms with Gasteiger partial charge in [-0.3, -0.25) is 12.2 Å². The van der Waals surface area contributed by atoms with E-state index in [0.29, 0.717) is 11.8 Å². The van der Waals surface area contributed by atoms with Crippen LogP contribution in [0.15, 0.2) is 33.4 Å². The van der Waals surface area contributed by atoms with Crippen molar-refractivity contribution in [2.75, 3.05) is 0 Å². The van der Waals surface area contributed by atoms with Gasteiger partial charge in [-0.2, -0.15) is 22.3 Å². The van der Waals surface area contributed by atoms with Gasteiger partial charge < -0.3 is 24.8 Å². The van der Waals surface area contributed by atoms with Gasteiger partial charge in [0, 0.05) is 25.8 Å². The van der Waals surface area contributed by atoms with Gasteiger partial charge in [0.15, 0.2) is 0 Å². The first-order valence-corrected chi connectivity index (χ1v) is 6.81. The molecule has 0 aliphatic heterocycles. The molecule has 0 nitrogen and oxygen atoms in total. The van der Waals surface area contributed by atoms with Gasteiger partial charge in [0.25, 0.3) is 0 Å². The van der Waals surface area contributed by atoms with Crippen LogP contribution in [0.25, 0.3) is 0 Å². The number of hydrogen-bond donors (Lipinski definition) is 0. The maximum atomic E-state index is 3.36. The van der Waals surface area contributed by atoms with Crippen molar-refractivity contribution in [2.45, 2.75) is 55.4 Å². The van der Waals surface area contributed by atoms with Crippen LogP contribution in [0.4, 0.5) is 0 Å². The zero-order chi connectivity index (χ0) is 14.0. The third kappa shape index (κ3) is 6.59. The molecule has 2 atom stereocenters. The minimum atomic E-state index is 0. The van der Waals surface area contributed by atoms with E-state index in [1.807, 2.05) is 0 Å². The van der Waals surface area contributed by atoms with Crippen molar-refractivity contribution >= 4 is 0 Å². The van der Waals surface area contributed by atoms with Crippen LogP contribution in [0.5, 0.6) is 0 Å². The minimum Gasteiger partial charge on any atom is -1.00 e. The summed E-state index contributed by atoms with van der Waals surface area (Å²) in [7, 11) is 0. The number of allylic oxidation sites excluding steroid dienone is 8. The molecule has 120 valence electrons. The minimum absolute atomic E-state index is 0. The Bertz CT molecular complexity index is 424. The molecule has 0 radical (unpaired) electrons. The van der Waals surface area contributed by atoms with Crippen LogP contribution in [0.2, 0.25) is 0 Å². The van der Waals surface area contributed by atoms with Crippen molar-refractivity contribution in [3.8, 4) is 0 Å². The summed E-state index contributed by atoms with van der Waals surface area (Å²) in [6.07, 6.45) is 6.72. The number of rotatable bonds is 0. The normalized spacial score (nSPS) is 23.2. The quantitative estimate of drug-likeness (QED) is 0.315. The van der Waals surface area contributed by atoms with Crippen LogP contribution in [-0.4, -0.2) is 0 Å². The predicted octanol–water partition coefficient (Wildman–Crippen LogP) is -0.551. The second-order valence-corrected chi connectivity index (χ2v) is 5.60. The van der Waals surface area contributed by atoms with Crippen LogP contribution in [0, 0.1) is 24.0 Å². The van der Waals surface area contributed by atoms with E-state index in [1.165, 1.54) is 33.4 Å². The largest absolute Gasteiger partial charge is 1.00 e. The Kier molecular flexibility index (Phi) is 13.8. The molecule has 0 aromatic rings. The van der Waals surface area contributed by atoms with E-state index in [-0.39, 0.29) is 50.7 Å². The standard InChI is InChI=1S/2C9H13.2ClH.Hf/c2*1-6-5-7(2)9(4)8(6)3;;;/h2*6H,1-4H3;2*1H;/q2*-1;;;/p-2. The number of halogens is 2. The molecule has 2 unspecified atom stereocenters. The fraction of sp³-hybridized carbons (Fsp3) is 0.556. The summed E-state index contributed by atoms with van der Waals surface area (Å²) in [4.78, 5) is 0. The molecule has 0 heterocycles. The van der Waals surface area contributed by atoms with E-state index in [1.54, 1.807) is 0 Å². The van der Waals surface area contributed by atoms with Crippen LogP contribution in [0.3, 0.4) is 0 Å². The van der Waals surface area contributed by atoms with Gasteiger partial charge in [0.1, 0.15) is 0 Å². The van der Waals surface area contributed by atoms with E-state index in [2.05, 4.69) is 67.5 Å². The molecule has 0 fully saturated rings. The second kappa shape index (κ2) is 11.0. The van der Waals surface area contributed by atoms with Crippen molar-refractivity contribution < 1.29 is 50.7 Å². The zero-order valence-electron chi connectivity index (χ0n) is 14.4. The van der Waals surface area contributed by atoms with E-state index >= 15 is 0 Å². The van der Waals surface area contributed by atoms with Gasteiger partial charge in [-0.1, -0.05) is 53.4 Å². The van der Waals surface area contributed by atoms with Crippen molar-refractivity contribution in [3.63, 3.8) is 0 Å². The van der Waals surface area contributed by atoms with Crippen molar-refractivity contribution in [1.29, 1.82) is 0 Å². The Morgan fingerprint density at radius 2 is 0.857 bits per heavy atom. The molecular weight excluding hydrogens is 466 g/mol. The first kappa shape index (κ1) is 26.3. The summed E-state index contributed by atoms with van der Waals surface area (Å²) < 4.78 is 0. The molecule has 21 heavy (non-hydrogen) atoms. The molecular formula is C18H26Cl2Hf-4. The summed E-state index contributed by atoms with van der Waals surface area (Å²) in [6.45, 7) is 17.3. The first-order chi connectivity index (χ1) is 8.25. The predicted molar refractivity (Wildman–Crippen MR) is 79.9 cm³/mol. The van der Waals surface area contributed by atoms with Crippen molar-refractivity contribution in [2.24, 2.45) is 11.8 Å². The van der Waals surface area contributed by atoms with Gasteiger partial charge in [-0.05, 0) is 0 Å². The average molecular weight is 492 g/mol. The van der Waals surface area contributed by atoms with Crippen LogP contribution >= 0.6 is 0 Å². The molecule has 0 saturated carbocycles. The molecule has 2 rings (SSSR count). The molecule has 2 aliphatic carbocycles. The Morgan fingerprint density at radius 1 is 0.619 bits per heavy atom. The topological polar surface area (TPSA) is 0 Å². The molecule has 0 aromatic heterocycles. The Morgan fingerprint density at radius 3 is 0.905 bits per heavy atom. The van der Waals surface area contributed by atoms with Gasteiger partial charge in [0.2, 0.25) is 0 Å². The summed E-state index contributed by atoms with van der Waals surface area (Å²) in [5, 5.41) is 0. The van der Waals surface area contributed by atoms with E-state index < -0.39 is 0 Å². The molecule has 0 saturated heterocycles. The average Bonchev–Trinajstić information content (AvgIpc) is 2.66. The molecule has 3 heteroatoms. The van der Waals surface area contributed by atoms with E-state index in [4.69, 9.17) is 0 Å².